The fourth-order valence-electron chi connectivity index (χ4n) is 5.48. The summed E-state index contributed by atoms with van der Waals surface area (Å²) in [5, 5.41) is 0. The van der Waals surface area contributed by atoms with Crippen LogP contribution in [0.4, 0.5) is 5.69 Å². The minimum absolute atomic E-state index is 0.0530. The minimum Gasteiger partial charge on any atom is -0.496 e. The first-order valence-electron chi connectivity index (χ1n) is 12.3. The highest BCUT2D eigenvalue weighted by molar-refractivity contribution is 6.23. The number of carbonyl (C=O) groups excluding carboxylic acids is 2. The molecular weight excluding hydrogens is 446 g/mol. The number of methoxy groups -OCH3 is 2. The molecule has 2 fully saturated rings. The van der Waals surface area contributed by atoms with E-state index in [0.29, 0.717) is 24.3 Å². The normalized spacial score (nSPS) is 20.5. The molecule has 0 saturated carbocycles. The van der Waals surface area contributed by atoms with Crippen LogP contribution in [0.25, 0.3) is 0 Å². The summed E-state index contributed by atoms with van der Waals surface area (Å²) < 4.78 is 16.8. The Morgan fingerprint density at radius 1 is 1.00 bits per heavy atom. The molecule has 35 heavy (non-hydrogen) atoms. The molecule has 0 aromatic heterocycles. The summed E-state index contributed by atoms with van der Waals surface area (Å²) in [7, 11) is 3.36. The zero-order chi connectivity index (χ0) is 24.5. The molecule has 2 saturated heterocycles. The number of fused-ring (bicyclic) bond motifs is 1. The number of ether oxygens (including phenoxy) is 3. The first-order valence-corrected chi connectivity index (χ1v) is 12.3. The van der Waals surface area contributed by atoms with Gasteiger partial charge in [-0.1, -0.05) is 12.1 Å². The van der Waals surface area contributed by atoms with Crippen molar-refractivity contribution in [2.24, 2.45) is 0 Å². The number of imide groups is 1. The van der Waals surface area contributed by atoms with Crippen LogP contribution in [0, 0.1) is 6.92 Å². The Kier molecular flexibility index (Phi) is 6.67. The number of benzene rings is 2. The fourth-order valence-corrected chi connectivity index (χ4v) is 5.48. The zero-order valence-electron chi connectivity index (χ0n) is 20.7. The van der Waals surface area contributed by atoms with Crippen molar-refractivity contribution in [2.75, 3.05) is 58.5 Å². The van der Waals surface area contributed by atoms with Crippen molar-refractivity contribution in [2.45, 2.75) is 32.4 Å². The van der Waals surface area contributed by atoms with Crippen LogP contribution < -0.4 is 14.4 Å². The lowest BCUT2D eigenvalue weighted by atomic mass is 10.1. The topological polar surface area (TPSA) is 71.5 Å². The summed E-state index contributed by atoms with van der Waals surface area (Å²) in [6.07, 6.45) is 1.81. The molecule has 8 heteroatoms. The van der Waals surface area contributed by atoms with Crippen LogP contribution in [0.2, 0.25) is 0 Å². The maximum absolute atomic E-state index is 13.3. The average molecular weight is 480 g/mol. The second kappa shape index (κ2) is 9.87. The highest BCUT2D eigenvalue weighted by Crippen LogP contribution is 2.35. The minimum atomic E-state index is -0.206. The first-order chi connectivity index (χ1) is 17.0. The standard InChI is InChI=1S/C27H33N3O5/c1-18-23(33-2)10-9-19(25(18)34-3)16-28-11-13-29(14-12-28)22-8-4-7-21-24(22)27(32)30(26(21)31)17-20-6-5-15-35-20/h4,7-10,20H,5-6,11-17H2,1-3H3/t20-/m0/s1. The molecule has 8 nitrogen and oxygen atoms in total. The number of amides is 2. The van der Waals surface area contributed by atoms with Crippen LogP contribution in [-0.4, -0.2) is 81.3 Å². The number of hydrogen-bond acceptors (Lipinski definition) is 7. The van der Waals surface area contributed by atoms with E-state index < -0.39 is 0 Å². The Labute approximate surface area is 206 Å². The van der Waals surface area contributed by atoms with E-state index in [4.69, 9.17) is 14.2 Å². The fraction of sp³-hybridized carbons (Fsp3) is 0.481. The second-order valence-electron chi connectivity index (χ2n) is 9.40. The predicted molar refractivity (Wildman–Crippen MR) is 133 cm³/mol. The number of hydrogen-bond donors (Lipinski definition) is 0. The molecule has 5 rings (SSSR count). The van der Waals surface area contributed by atoms with Gasteiger partial charge in [-0.05, 0) is 38.0 Å². The summed E-state index contributed by atoms with van der Waals surface area (Å²) in [6, 6.07) is 9.66. The maximum atomic E-state index is 13.3. The Hall–Kier alpha value is -3.10. The quantitative estimate of drug-likeness (QED) is 0.565. The summed E-state index contributed by atoms with van der Waals surface area (Å²) in [6.45, 7) is 7.08. The van der Waals surface area contributed by atoms with Crippen molar-refractivity contribution in [1.82, 2.24) is 9.80 Å². The summed E-state index contributed by atoms with van der Waals surface area (Å²) in [5.74, 6) is 1.28. The van der Waals surface area contributed by atoms with Crippen molar-refractivity contribution in [3.8, 4) is 11.5 Å². The molecule has 3 aliphatic heterocycles. The molecule has 186 valence electrons. The highest BCUT2D eigenvalue weighted by atomic mass is 16.5. The largest absolute Gasteiger partial charge is 0.496 e. The van der Waals surface area contributed by atoms with Gasteiger partial charge in [0.25, 0.3) is 11.8 Å². The monoisotopic (exact) mass is 479 g/mol. The van der Waals surface area contributed by atoms with Crippen LogP contribution in [0.5, 0.6) is 11.5 Å². The van der Waals surface area contributed by atoms with Crippen molar-refractivity contribution in [3.05, 3.63) is 52.6 Å². The van der Waals surface area contributed by atoms with Crippen LogP contribution >= 0.6 is 0 Å². The van der Waals surface area contributed by atoms with Crippen LogP contribution in [0.1, 0.15) is 44.7 Å². The van der Waals surface area contributed by atoms with Gasteiger partial charge in [-0.15, -0.1) is 0 Å². The third-order valence-corrected chi connectivity index (χ3v) is 7.36. The van der Waals surface area contributed by atoms with E-state index in [2.05, 4.69) is 15.9 Å². The van der Waals surface area contributed by atoms with Crippen LogP contribution in [0.3, 0.4) is 0 Å². The Balaban J connectivity index is 1.28. The lowest BCUT2D eigenvalue weighted by Crippen LogP contribution is -2.46. The molecule has 0 aliphatic carbocycles. The molecule has 0 bridgehead atoms. The SMILES string of the molecule is COc1ccc(CN2CCN(c3cccc4c3C(=O)N(C[C@@H]3CCCO3)C4=O)CC2)c(OC)c1C. The number of piperazine rings is 1. The summed E-state index contributed by atoms with van der Waals surface area (Å²) in [5.41, 5.74) is 4.03. The third kappa shape index (κ3) is 4.36. The van der Waals surface area contributed by atoms with E-state index in [-0.39, 0.29) is 17.9 Å². The van der Waals surface area contributed by atoms with E-state index in [1.54, 1.807) is 20.3 Å². The van der Waals surface area contributed by atoms with Crippen LogP contribution in [0.15, 0.2) is 30.3 Å². The van der Waals surface area contributed by atoms with Gasteiger partial charge in [-0.2, -0.15) is 0 Å². The zero-order valence-corrected chi connectivity index (χ0v) is 20.7. The highest BCUT2D eigenvalue weighted by Gasteiger charge is 2.40. The molecule has 0 radical (unpaired) electrons. The lowest BCUT2D eigenvalue weighted by molar-refractivity contribution is 0.0475. The number of anilines is 1. The molecule has 2 aromatic rings. The molecule has 3 aliphatic rings. The number of rotatable bonds is 7. The molecule has 2 aromatic carbocycles. The number of carbonyl (C=O) groups is 2. The molecule has 0 unspecified atom stereocenters. The van der Waals surface area contributed by atoms with Gasteiger partial charge in [0.15, 0.2) is 0 Å². The van der Waals surface area contributed by atoms with Crippen molar-refractivity contribution in [3.63, 3.8) is 0 Å². The maximum Gasteiger partial charge on any atom is 0.263 e. The van der Waals surface area contributed by atoms with Gasteiger partial charge in [0.05, 0.1) is 43.7 Å². The third-order valence-electron chi connectivity index (χ3n) is 7.36. The Morgan fingerprint density at radius 2 is 1.80 bits per heavy atom. The molecular formula is C27H33N3O5. The van der Waals surface area contributed by atoms with Crippen molar-refractivity contribution >= 4 is 17.5 Å². The van der Waals surface area contributed by atoms with Crippen molar-refractivity contribution in [1.29, 1.82) is 0 Å². The molecule has 3 heterocycles. The van der Waals surface area contributed by atoms with Crippen molar-refractivity contribution < 1.29 is 23.8 Å². The van der Waals surface area contributed by atoms with Gasteiger partial charge >= 0.3 is 0 Å². The van der Waals surface area contributed by atoms with Gasteiger partial charge in [-0.3, -0.25) is 19.4 Å². The van der Waals surface area contributed by atoms with Gasteiger partial charge in [-0.25, -0.2) is 0 Å². The second-order valence-corrected chi connectivity index (χ2v) is 9.40. The number of nitrogens with zero attached hydrogens (tertiary/aromatic N) is 3. The Bertz CT molecular complexity index is 1120. The molecule has 1 atom stereocenters. The van der Waals surface area contributed by atoms with Gasteiger partial charge < -0.3 is 19.1 Å². The average Bonchev–Trinajstić information content (AvgIpc) is 3.48. The van der Waals surface area contributed by atoms with Gasteiger partial charge in [0.1, 0.15) is 11.5 Å². The van der Waals surface area contributed by atoms with Crippen LogP contribution in [-0.2, 0) is 11.3 Å². The van der Waals surface area contributed by atoms with E-state index >= 15 is 0 Å². The summed E-state index contributed by atoms with van der Waals surface area (Å²) in [4.78, 5) is 32.3. The van der Waals surface area contributed by atoms with Gasteiger partial charge in [0, 0.05) is 50.5 Å². The lowest BCUT2D eigenvalue weighted by Gasteiger charge is -2.37. The van der Waals surface area contributed by atoms with E-state index in [1.165, 1.54) is 4.90 Å². The van der Waals surface area contributed by atoms with E-state index in [0.717, 1.165) is 73.9 Å². The first kappa shape index (κ1) is 23.6. The molecule has 0 N–H and O–H groups in total. The van der Waals surface area contributed by atoms with E-state index in [1.807, 2.05) is 25.1 Å². The molecule has 0 spiro atoms. The Morgan fingerprint density at radius 3 is 2.49 bits per heavy atom. The molecule has 2 amide bonds. The smallest absolute Gasteiger partial charge is 0.263 e. The van der Waals surface area contributed by atoms with E-state index in [9.17, 15) is 9.59 Å². The summed E-state index contributed by atoms with van der Waals surface area (Å²) >= 11 is 0. The van der Waals surface area contributed by atoms with Gasteiger partial charge in [0.2, 0.25) is 0 Å². The predicted octanol–water partition coefficient (Wildman–Crippen LogP) is 3.11.